The molecule has 0 saturated heterocycles. The van der Waals surface area contributed by atoms with E-state index >= 15 is 0 Å². The SMILES string of the molecule is Cc1cccc(OCCCCN2C(=O)COc3cc(N)ccc32)c1. The molecule has 5 heteroatoms. The first-order valence-corrected chi connectivity index (χ1v) is 8.15. The van der Waals surface area contributed by atoms with Crippen LogP contribution in [0.4, 0.5) is 11.4 Å². The van der Waals surface area contributed by atoms with Gasteiger partial charge in [0, 0.05) is 18.3 Å². The number of carbonyl (C=O) groups excluding carboxylic acids is 1. The van der Waals surface area contributed by atoms with Gasteiger partial charge in [0.05, 0.1) is 12.3 Å². The molecule has 0 saturated carbocycles. The highest BCUT2D eigenvalue weighted by Crippen LogP contribution is 2.33. The largest absolute Gasteiger partial charge is 0.494 e. The van der Waals surface area contributed by atoms with Crippen LogP contribution < -0.4 is 20.1 Å². The first kappa shape index (κ1) is 16.2. The van der Waals surface area contributed by atoms with E-state index in [0.717, 1.165) is 24.3 Å². The molecule has 1 heterocycles. The van der Waals surface area contributed by atoms with Gasteiger partial charge in [-0.1, -0.05) is 12.1 Å². The van der Waals surface area contributed by atoms with Crippen molar-refractivity contribution < 1.29 is 14.3 Å². The Bertz CT molecular complexity index is 730. The molecule has 0 bridgehead atoms. The van der Waals surface area contributed by atoms with Gasteiger partial charge in [-0.2, -0.15) is 0 Å². The van der Waals surface area contributed by atoms with E-state index in [4.69, 9.17) is 15.2 Å². The lowest BCUT2D eigenvalue weighted by Gasteiger charge is -2.29. The van der Waals surface area contributed by atoms with Crippen LogP contribution in [0.25, 0.3) is 0 Å². The van der Waals surface area contributed by atoms with E-state index in [1.807, 2.05) is 37.3 Å². The summed E-state index contributed by atoms with van der Waals surface area (Å²) < 4.78 is 11.2. The van der Waals surface area contributed by atoms with E-state index in [-0.39, 0.29) is 12.5 Å². The Labute approximate surface area is 142 Å². The topological polar surface area (TPSA) is 64.8 Å². The highest BCUT2D eigenvalue weighted by atomic mass is 16.5. The average molecular weight is 326 g/mol. The van der Waals surface area contributed by atoms with Gasteiger partial charge in [-0.25, -0.2) is 0 Å². The molecule has 2 aromatic carbocycles. The number of hydrogen-bond acceptors (Lipinski definition) is 4. The number of amides is 1. The molecule has 2 aromatic rings. The van der Waals surface area contributed by atoms with Gasteiger partial charge >= 0.3 is 0 Å². The van der Waals surface area contributed by atoms with Crippen LogP contribution in [-0.2, 0) is 4.79 Å². The second-order valence-corrected chi connectivity index (χ2v) is 5.93. The van der Waals surface area contributed by atoms with Crippen molar-refractivity contribution in [2.45, 2.75) is 19.8 Å². The number of nitrogens with two attached hydrogens (primary N) is 1. The van der Waals surface area contributed by atoms with E-state index in [1.165, 1.54) is 5.56 Å². The fourth-order valence-corrected chi connectivity index (χ4v) is 2.73. The minimum absolute atomic E-state index is 0.0214. The van der Waals surface area contributed by atoms with Crippen molar-refractivity contribution in [3.05, 3.63) is 48.0 Å². The Hall–Kier alpha value is -2.69. The van der Waals surface area contributed by atoms with Crippen molar-refractivity contribution >= 4 is 17.3 Å². The predicted octanol–water partition coefficient (Wildman–Crippen LogP) is 3.16. The number of rotatable bonds is 6. The fraction of sp³-hybridized carbons (Fsp3) is 0.316. The first-order valence-electron chi connectivity index (χ1n) is 8.15. The lowest BCUT2D eigenvalue weighted by atomic mass is 10.2. The molecule has 0 fully saturated rings. The molecule has 0 spiro atoms. The second kappa shape index (κ2) is 7.25. The van der Waals surface area contributed by atoms with Crippen molar-refractivity contribution in [1.29, 1.82) is 0 Å². The smallest absolute Gasteiger partial charge is 0.265 e. The van der Waals surface area contributed by atoms with E-state index in [1.54, 1.807) is 17.0 Å². The van der Waals surface area contributed by atoms with Crippen molar-refractivity contribution in [2.75, 3.05) is 30.4 Å². The summed E-state index contributed by atoms with van der Waals surface area (Å²) in [7, 11) is 0. The normalized spacial score (nSPS) is 13.4. The zero-order valence-corrected chi connectivity index (χ0v) is 13.8. The van der Waals surface area contributed by atoms with Crippen LogP contribution in [0.2, 0.25) is 0 Å². The summed E-state index contributed by atoms with van der Waals surface area (Å²) in [6, 6.07) is 13.4. The number of fused-ring (bicyclic) bond motifs is 1. The summed E-state index contributed by atoms with van der Waals surface area (Å²) in [4.78, 5) is 13.9. The Morgan fingerprint density at radius 3 is 2.92 bits per heavy atom. The van der Waals surface area contributed by atoms with Crippen molar-refractivity contribution in [3.8, 4) is 11.5 Å². The molecule has 2 N–H and O–H groups in total. The molecule has 5 nitrogen and oxygen atoms in total. The molecule has 126 valence electrons. The van der Waals surface area contributed by atoms with E-state index in [2.05, 4.69) is 0 Å². The number of nitrogen functional groups attached to an aromatic ring is 1. The number of aryl methyl sites for hydroxylation is 1. The second-order valence-electron chi connectivity index (χ2n) is 5.93. The Morgan fingerprint density at radius 2 is 2.08 bits per heavy atom. The molecule has 1 aliphatic rings. The molecular weight excluding hydrogens is 304 g/mol. The standard InChI is InChI=1S/C19H22N2O3/c1-14-5-4-6-16(11-14)23-10-3-2-9-21-17-8-7-15(20)12-18(17)24-13-19(21)22/h4-8,11-12H,2-3,9-10,13,20H2,1H3. The maximum absolute atomic E-state index is 12.1. The van der Waals surface area contributed by atoms with Crippen LogP contribution in [0.5, 0.6) is 11.5 Å². The number of unbranched alkanes of at least 4 members (excludes halogenated alkanes) is 1. The van der Waals surface area contributed by atoms with Gasteiger partial charge in [0.2, 0.25) is 0 Å². The van der Waals surface area contributed by atoms with E-state index in [9.17, 15) is 4.79 Å². The number of hydrogen-bond donors (Lipinski definition) is 1. The van der Waals surface area contributed by atoms with Gasteiger partial charge in [0.15, 0.2) is 6.61 Å². The molecule has 3 rings (SSSR count). The Kier molecular flexibility index (Phi) is 4.89. The number of benzene rings is 2. The van der Waals surface area contributed by atoms with Gasteiger partial charge in [-0.15, -0.1) is 0 Å². The highest BCUT2D eigenvalue weighted by molar-refractivity contribution is 5.98. The van der Waals surface area contributed by atoms with Crippen LogP contribution >= 0.6 is 0 Å². The van der Waals surface area contributed by atoms with Crippen LogP contribution in [-0.4, -0.2) is 25.7 Å². The van der Waals surface area contributed by atoms with Crippen molar-refractivity contribution in [1.82, 2.24) is 0 Å². The Balaban J connectivity index is 1.51. The van der Waals surface area contributed by atoms with Crippen molar-refractivity contribution in [2.24, 2.45) is 0 Å². The third-order valence-corrected chi connectivity index (χ3v) is 3.96. The van der Waals surface area contributed by atoms with Crippen LogP contribution in [0.15, 0.2) is 42.5 Å². The summed E-state index contributed by atoms with van der Waals surface area (Å²) in [5.41, 5.74) is 8.38. The number of nitrogens with zero attached hydrogens (tertiary/aromatic N) is 1. The minimum Gasteiger partial charge on any atom is -0.494 e. The third kappa shape index (κ3) is 3.79. The highest BCUT2D eigenvalue weighted by Gasteiger charge is 2.24. The zero-order valence-electron chi connectivity index (χ0n) is 13.8. The van der Waals surface area contributed by atoms with E-state index < -0.39 is 0 Å². The van der Waals surface area contributed by atoms with Gasteiger partial charge in [0.25, 0.3) is 5.91 Å². The number of ether oxygens (including phenoxy) is 2. The summed E-state index contributed by atoms with van der Waals surface area (Å²) >= 11 is 0. The summed E-state index contributed by atoms with van der Waals surface area (Å²) in [6.45, 7) is 3.39. The molecule has 24 heavy (non-hydrogen) atoms. The number of carbonyl (C=O) groups is 1. The maximum atomic E-state index is 12.1. The van der Waals surface area contributed by atoms with Crippen LogP contribution in [0.1, 0.15) is 18.4 Å². The summed E-state index contributed by atoms with van der Waals surface area (Å²) in [5.74, 6) is 1.54. The molecule has 0 atom stereocenters. The van der Waals surface area contributed by atoms with Gasteiger partial charge in [-0.3, -0.25) is 4.79 Å². The van der Waals surface area contributed by atoms with E-state index in [0.29, 0.717) is 24.6 Å². The molecule has 0 aromatic heterocycles. The minimum atomic E-state index is -0.0214. The zero-order chi connectivity index (χ0) is 16.9. The molecule has 0 aliphatic carbocycles. The summed E-state index contributed by atoms with van der Waals surface area (Å²) in [6.07, 6.45) is 1.74. The van der Waals surface area contributed by atoms with Gasteiger partial charge in [0.1, 0.15) is 11.5 Å². The molecule has 1 amide bonds. The molecule has 0 radical (unpaired) electrons. The average Bonchev–Trinajstić information content (AvgIpc) is 2.56. The van der Waals surface area contributed by atoms with Crippen LogP contribution in [0, 0.1) is 6.92 Å². The maximum Gasteiger partial charge on any atom is 0.265 e. The Morgan fingerprint density at radius 1 is 1.21 bits per heavy atom. The first-order chi connectivity index (χ1) is 11.6. The van der Waals surface area contributed by atoms with Crippen LogP contribution in [0.3, 0.4) is 0 Å². The number of anilines is 2. The lowest BCUT2D eigenvalue weighted by Crippen LogP contribution is -2.39. The predicted molar refractivity (Wildman–Crippen MR) is 94.6 cm³/mol. The van der Waals surface area contributed by atoms with Gasteiger partial charge < -0.3 is 20.1 Å². The van der Waals surface area contributed by atoms with Crippen molar-refractivity contribution in [3.63, 3.8) is 0 Å². The third-order valence-electron chi connectivity index (χ3n) is 3.96. The quantitative estimate of drug-likeness (QED) is 0.654. The summed E-state index contributed by atoms with van der Waals surface area (Å²) in [5, 5.41) is 0. The molecule has 0 unspecified atom stereocenters. The molecule has 1 aliphatic heterocycles. The molecular formula is C19H22N2O3. The van der Waals surface area contributed by atoms with Gasteiger partial charge in [-0.05, 0) is 49.6 Å². The fourth-order valence-electron chi connectivity index (χ4n) is 2.73. The monoisotopic (exact) mass is 326 g/mol. The lowest BCUT2D eigenvalue weighted by molar-refractivity contribution is -0.121.